The van der Waals surface area contributed by atoms with Crippen LogP contribution in [0.2, 0.25) is 0 Å². The van der Waals surface area contributed by atoms with Crippen molar-refractivity contribution in [3.63, 3.8) is 0 Å². The summed E-state index contributed by atoms with van der Waals surface area (Å²) in [5.41, 5.74) is 3.22. The minimum atomic E-state index is -0.571. The van der Waals surface area contributed by atoms with Gasteiger partial charge in [-0.3, -0.25) is 19.2 Å². The number of methoxy groups -OCH3 is 2. The second-order valence-corrected chi connectivity index (χ2v) is 16.0. The molecular formula is C37H58O8. The maximum absolute atomic E-state index is 13.6. The van der Waals surface area contributed by atoms with Gasteiger partial charge in [0.15, 0.2) is 0 Å². The van der Waals surface area contributed by atoms with Gasteiger partial charge in [-0.1, -0.05) is 59.6 Å². The SMILES string of the molecule is COC(=O)CC(=O)OC1CCC2(C)C3=C(CCC2C1(C)C)C1(C)CCC(C(C)CC(=O)C(CCO)C(C)C(=O)OC)C1(C)CC3. The first-order chi connectivity index (χ1) is 21.0. The first-order valence-corrected chi connectivity index (χ1v) is 17.2. The van der Waals surface area contributed by atoms with Gasteiger partial charge in [0.25, 0.3) is 0 Å². The number of allylic oxidation sites excluding steroid dienone is 2. The molecule has 4 rings (SSSR count). The van der Waals surface area contributed by atoms with Crippen LogP contribution in [0.5, 0.6) is 0 Å². The average Bonchev–Trinajstić information content (AvgIpc) is 3.27. The summed E-state index contributed by atoms with van der Waals surface area (Å²) < 4.78 is 15.5. The summed E-state index contributed by atoms with van der Waals surface area (Å²) in [7, 11) is 2.63. The highest BCUT2D eigenvalue weighted by Crippen LogP contribution is 2.72. The molecule has 4 aliphatic carbocycles. The molecule has 0 heterocycles. The van der Waals surface area contributed by atoms with E-state index in [4.69, 9.17) is 9.47 Å². The zero-order valence-electron chi connectivity index (χ0n) is 29.3. The molecule has 9 unspecified atom stereocenters. The standard InChI is InChI=1S/C37H58O8/c1-22(20-28(39)24(15-19-38)23(2)33(42)44-9)25-12-17-37(7)27-10-11-29-34(3,4)30(45-32(41)21-31(40)43-8)14-16-35(29,5)26(27)13-18-36(25,37)6/h22-25,29-30,38H,10-21H2,1-9H3. The fourth-order valence-corrected chi connectivity index (χ4v) is 11.0. The minimum absolute atomic E-state index is 0.0356. The maximum atomic E-state index is 13.6. The van der Waals surface area contributed by atoms with E-state index in [0.29, 0.717) is 18.3 Å². The molecule has 0 aromatic heterocycles. The van der Waals surface area contributed by atoms with E-state index in [1.807, 2.05) is 0 Å². The first-order valence-electron chi connectivity index (χ1n) is 17.2. The number of ether oxygens (including phenoxy) is 3. The van der Waals surface area contributed by atoms with Crippen LogP contribution in [0.4, 0.5) is 0 Å². The van der Waals surface area contributed by atoms with Gasteiger partial charge in [0.2, 0.25) is 0 Å². The van der Waals surface area contributed by atoms with Crippen LogP contribution in [0.1, 0.15) is 119 Å². The average molecular weight is 631 g/mol. The Kier molecular flexibility index (Phi) is 10.4. The summed E-state index contributed by atoms with van der Waals surface area (Å²) in [4.78, 5) is 50.1. The Hall–Kier alpha value is -2.22. The predicted molar refractivity (Wildman–Crippen MR) is 171 cm³/mol. The summed E-state index contributed by atoms with van der Waals surface area (Å²) in [6.45, 7) is 15.7. The molecule has 8 nitrogen and oxygen atoms in total. The molecule has 4 aliphatic rings. The summed E-state index contributed by atoms with van der Waals surface area (Å²) >= 11 is 0. The Balaban J connectivity index is 1.54. The Morgan fingerprint density at radius 3 is 2.18 bits per heavy atom. The predicted octanol–water partition coefficient (Wildman–Crippen LogP) is 6.61. The highest BCUT2D eigenvalue weighted by molar-refractivity contribution is 5.91. The van der Waals surface area contributed by atoms with E-state index in [9.17, 15) is 24.3 Å². The molecule has 0 saturated heterocycles. The number of Topliss-reactive ketones (excluding diaryl/α,β-unsaturated/α-hetero) is 1. The number of esters is 3. The van der Waals surface area contributed by atoms with E-state index < -0.39 is 29.7 Å². The number of hydrogen-bond donors (Lipinski definition) is 1. The molecule has 0 radical (unpaired) electrons. The molecule has 9 atom stereocenters. The van der Waals surface area contributed by atoms with Gasteiger partial charge in [0.05, 0.1) is 20.1 Å². The monoisotopic (exact) mass is 630 g/mol. The van der Waals surface area contributed by atoms with Gasteiger partial charge in [-0.15, -0.1) is 0 Å². The summed E-state index contributed by atoms with van der Waals surface area (Å²) in [5.74, 6) is -1.57. The molecule has 1 N–H and O–H groups in total. The molecule has 0 bridgehead atoms. The molecule has 0 spiro atoms. The Morgan fingerprint density at radius 2 is 1.56 bits per heavy atom. The van der Waals surface area contributed by atoms with Crippen LogP contribution in [0, 0.1) is 51.2 Å². The first kappa shape index (κ1) is 35.6. The molecule has 0 aliphatic heterocycles. The van der Waals surface area contributed by atoms with Crippen molar-refractivity contribution in [2.75, 3.05) is 20.8 Å². The molecular weight excluding hydrogens is 572 g/mol. The quantitative estimate of drug-likeness (QED) is 0.117. The lowest BCUT2D eigenvalue weighted by molar-refractivity contribution is -0.172. The van der Waals surface area contributed by atoms with Gasteiger partial charge >= 0.3 is 17.9 Å². The van der Waals surface area contributed by atoms with Crippen LogP contribution in [-0.4, -0.2) is 55.7 Å². The van der Waals surface area contributed by atoms with Crippen molar-refractivity contribution in [1.29, 1.82) is 0 Å². The van der Waals surface area contributed by atoms with Gasteiger partial charge in [0, 0.05) is 24.4 Å². The fourth-order valence-electron chi connectivity index (χ4n) is 11.0. The smallest absolute Gasteiger partial charge is 0.317 e. The van der Waals surface area contributed by atoms with Crippen molar-refractivity contribution >= 4 is 23.7 Å². The van der Waals surface area contributed by atoms with E-state index in [-0.39, 0.29) is 58.9 Å². The third-order valence-electron chi connectivity index (χ3n) is 13.8. The van der Waals surface area contributed by atoms with E-state index in [2.05, 4.69) is 46.3 Å². The third-order valence-corrected chi connectivity index (χ3v) is 13.8. The lowest BCUT2D eigenvalue weighted by Gasteiger charge is -2.62. The van der Waals surface area contributed by atoms with Gasteiger partial charge in [-0.25, -0.2) is 0 Å². The van der Waals surface area contributed by atoms with Crippen molar-refractivity contribution in [3.05, 3.63) is 11.1 Å². The van der Waals surface area contributed by atoms with Crippen molar-refractivity contribution in [2.45, 2.75) is 125 Å². The van der Waals surface area contributed by atoms with Crippen LogP contribution in [0.25, 0.3) is 0 Å². The van der Waals surface area contributed by atoms with Crippen molar-refractivity contribution in [2.24, 2.45) is 51.2 Å². The number of aliphatic hydroxyl groups excluding tert-OH is 1. The molecule has 8 heteroatoms. The molecule has 254 valence electrons. The normalized spacial score (nSPS) is 35.6. The van der Waals surface area contributed by atoms with Gasteiger partial charge in [0.1, 0.15) is 18.3 Å². The number of ketones is 1. The molecule has 0 amide bonds. The highest BCUT2D eigenvalue weighted by atomic mass is 16.6. The van der Waals surface area contributed by atoms with Crippen LogP contribution < -0.4 is 0 Å². The number of fused-ring (bicyclic) bond motifs is 4. The lowest BCUT2D eigenvalue weighted by atomic mass is 9.43. The van der Waals surface area contributed by atoms with Crippen molar-refractivity contribution in [1.82, 2.24) is 0 Å². The maximum Gasteiger partial charge on any atom is 0.317 e. The van der Waals surface area contributed by atoms with Crippen molar-refractivity contribution in [3.8, 4) is 0 Å². The number of aliphatic hydroxyl groups is 1. The van der Waals surface area contributed by atoms with Gasteiger partial charge < -0.3 is 19.3 Å². The van der Waals surface area contributed by atoms with Gasteiger partial charge in [-0.2, -0.15) is 0 Å². The number of carbonyl (C=O) groups is 4. The topological polar surface area (TPSA) is 116 Å². The third kappa shape index (κ3) is 6.02. The Labute approximate surface area is 270 Å². The van der Waals surface area contributed by atoms with E-state index in [0.717, 1.165) is 51.4 Å². The molecule has 2 fully saturated rings. The Morgan fingerprint density at radius 1 is 0.867 bits per heavy atom. The highest BCUT2D eigenvalue weighted by Gasteiger charge is 2.63. The minimum Gasteiger partial charge on any atom is -0.469 e. The molecule has 45 heavy (non-hydrogen) atoms. The van der Waals surface area contributed by atoms with E-state index in [1.54, 1.807) is 18.1 Å². The number of rotatable bonds is 11. The summed E-state index contributed by atoms with van der Waals surface area (Å²) in [5, 5.41) is 9.65. The van der Waals surface area contributed by atoms with E-state index >= 15 is 0 Å². The summed E-state index contributed by atoms with van der Waals surface area (Å²) in [6, 6.07) is 0. The second kappa shape index (κ2) is 13.1. The van der Waals surface area contributed by atoms with Crippen LogP contribution in [0.15, 0.2) is 11.1 Å². The zero-order chi connectivity index (χ0) is 33.5. The number of hydrogen-bond acceptors (Lipinski definition) is 8. The summed E-state index contributed by atoms with van der Waals surface area (Å²) in [6.07, 6.45) is 8.28. The van der Waals surface area contributed by atoms with Crippen LogP contribution in [0.3, 0.4) is 0 Å². The van der Waals surface area contributed by atoms with Crippen LogP contribution in [-0.2, 0) is 33.4 Å². The largest absolute Gasteiger partial charge is 0.469 e. The molecule has 0 aromatic rings. The lowest BCUT2D eigenvalue weighted by Crippen LogP contribution is -2.56. The molecule has 2 saturated carbocycles. The fraction of sp³-hybridized carbons (Fsp3) is 0.838. The zero-order valence-corrected chi connectivity index (χ0v) is 29.3. The second-order valence-electron chi connectivity index (χ2n) is 16.0. The number of carbonyl (C=O) groups excluding carboxylic acids is 4. The Bertz CT molecular complexity index is 1200. The molecule has 0 aromatic carbocycles. The van der Waals surface area contributed by atoms with Crippen LogP contribution >= 0.6 is 0 Å². The van der Waals surface area contributed by atoms with Gasteiger partial charge in [-0.05, 0) is 91.8 Å². The van der Waals surface area contributed by atoms with E-state index in [1.165, 1.54) is 14.2 Å². The van der Waals surface area contributed by atoms with Crippen molar-refractivity contribution < 1.29 is 38.5 Å².